The van der Waals surface area contributed by atoms with Gasteiger partial charge in [-0.05, 0) is 24.3 Å². The number of halogens is 1. The highest BCUT2D eigenvalue weighted by molar-refractivity contribution is 5.22. The van der Waals surface area contributed by atoms with Gasteiger partial charge in [0.25, 0.3) is 0 Å². The first kappa shape index (κ1) is 13.5. The zero-order valence-corrected chi connectivity index (χ0v) is 10.3. The Hall–Kier alpha value is -1.92. The fourth-order valence-electron chi connectivity index (χ4n) is 1.53. The lowest BCUT2D eigenvalue weighted by Gasteiger charge is -2.12. The van der Waals surface area contributed by atoms with Crippen LogP contribution in [0.5, 0.6) is 5.75 Å². The maximum atomic E-state index is 12.7. The number of nitrogens with one attached hydrogen (secondary N) is 2. The second-order valence-corrected chi connectivity index (χ2v) is 4.09. The Kier molecular flexibility index (Phi) is 4.88. The van der Waals surface area contributed by atoms with E-state index in [1.54, 1.807) is 12.4 Å². The van der Waals surface area contributed by atoms with Crippen molar-refractivity contribution in [3.8, 4) is 5.75 Å². The lowest BCUT2D eigenvalue weighted by Crippen LogP contribution is -2.31. The van der Waals surface area contributed by atoms with Crippen LogP contribution < -0.4 is 10.1 Å². The normalized spacial score (nSPS) is 12.3. The second-order valence-electron chi connectivity index (χ2n) is 4.09. The third-order valence-electron chi connectivity index (χ3n) is 2.48. The van der Waals surface area contributed by atoms with Gasteiger partial charge >= 0.3 is 0 Å². The topological polar surface area (TPSA) is 70.2 Å². The van der Waals surface area contributed by atoms with E-state index in [1.807, 2.05) is 0 Å². The number of hydrogen-bond donors (Lipinski definition) is 3. The number of benzene rings is 1. The molecular formula is C13H16FN3O2. The van der Waals surface area contributed by atoms with Crippen LogP contribution in [0.1, 0.15) is 5.82 Å². The number of aromatic amines is 1. The molecule has 0 bridgehead atoms. The van der Waals surface area contributed by atoms with E-state index in [4.69, 9.17) is 4.74 Å². The van der Waals surface area contributed by atoms with E-state index >= 15 is 0 Å². The summed E-state index contributed by atoms with van der Waals surface area (Å²) in [7, 11) is 0. The molecule has 1 heterocycles. The van der Waals surface area contributed by atoms with Gasteiger partial charge in [-0.15, -0.1) is 0 Å². The molecule has 5 nitrogen and oxygen atoms in total. The van der Waals surface area contributed by atoms with E-state index in [0.29, 0.717) is 18.8 Å². The molecule has 0 saturated heterocycles. The summed E-state index contributed by atoms with van der Waals surface area (Å²) in [5.41, 5.74) is 0. The number of imidazole rings is 1. The van der Waals surface area contributed by atoms with Crippen LogP contribution >= 0.6 is 0 Å². The van der Waals surface area contributed by atoms with Crippen molar-refractivity contribution in [2.24, 2.45) is 0 Å². The largest absolute Gasteiger partial charge is 0.491 e. The van der Waals surface area contributed by atoms with Crippen LogP contribution in [-0.4, -0.2) is 34.3 Å². The molecule has 102 valence electrons. The van der Waals surface area contributed by atoms with Gasteiger partial charge < -0.3 is 20.1 Å². The van der Waals surface area contributed by atoms with E-state index in [0.717, 1.165) is 5.82 Å². The van der Waals surface area contributed by atoms with Crippen molar-refractivity contribution >= 4 is 0 Å². The predicted octanol–water partition coefficient (Wildman–Crippen LogP) is 1.08. The van der Waals surface area contributed by atoms with Crippen LogP contribution in [0.2, 0.25) is 0 Å². The summed E-state index contributed by atoms with van der Waals surface area (Å²) in [5, 5.41) is 12.8. The van der Waals surface area contributed by atoms with Gasteiger partial charge in [0.05, 0.1) is 6.54 Å². The number of hydrogen-bond acceptors (Lipinski definition) is 4. The number of aliphatic hydroxyl groups excluding tert-OH is 1. The van der Waals surface area contributed by atoms with Gasteiger partial charge in [0.1, 0.15) is 30.1 Å². The molecule has 6 heteroatoms. The SMILES string of the molecule is OC(CNCc1ncc[nH]1)COc1ccc(F)cc1. The number of aromatic nitrogens is 2. The van der Waals surface area contributed by atoms with Crippen molar-refractivity contribution in [2.75, 3.05) is 13.2 Å². The molecule has 0 radical (unpaired) electrons. The molecule has 0 fully saturated rings. The molecule has 0 spiro atoms. The summed E-state index contributed by atoms with van der Waals surface area (Å²) in [6, 6.07) is 5.68. The van der Waals surface area contributed by atoms with Gasteiger partial charge in [-0.3, -0.25) is 0 Å². The van der Waals surface area contributed by atoms with E-state index in [9.17, 15) is 9.50 Å². The van der Waals surface area contributed by atoms with Gasteiger partial charge in [-0.1, -0.05) is 0 Å². The Labute approximate surface area is 110 Å². The van der Waals surface area contributed by atoms with Crippen LogP contribution in [0.25, 0.3) is 0 Å². The zero-order chi connectivity index (χ0) is 13.5. The maximum absolute atomic E-state index is 12.7. The summed E-state index contributed by atoms with van der Waals surface area (Å²) in [6.45, 7) is 1.10. The van der Waals surface area contributed by atoms with Crippen LogP contribution in [0.3, 0.4) is 0 Å². The van der Waals surface area contributed by atoms with E-state index in [-0.39, 0.29) is 12.4 Å². The monoisotopic (exact) mass is 265 g/mol. The average molecular weight is 265 g/mol. The minimum absolute atomic E-state index is 0.150. The zero-order valence-electron chi connectivity index (χ0n) is 10.3. The number of H-pyrrole nitrogens is 1. The lowest BCUT2D eigenvalue weighted by molar-refractivity contribution is 0.106. The molecule has 0 saturated carbocycles. The molecule has 0 aliphatic rings. The standard InChI is InChI=1S/C13H16FN3O2/c14-10-1-3-12(4-2-10)19-9-11(18)7-15-8-13-16-5-6-17-13/h1-6,11,15,18H,7-9H2,(H,16,17). The van der Waals surface area contributed by atoms with E-state index < -0.39 is 6.10 Å². The van der Waals surface area contributed by atoms with Crippen molar-refractivity contribution in [1.82, 2.24) is 15.3 Å². The minimum Gasteiger partial charge on any atom is -0.491 e. The first-order valence-electron chi connectivity index (χ1n) is 5.99. The average Bonchev–Trinajstić information content (AvgIpc) is 2.91. The molecule has 0 amide bonds. The Bertz CT molecular complexity index is 473. The Morgan fingerprint density at radius 2 is 2.16 bits per heavy atom. The Balaban J connectivity index is 1.64. The van der Waals surface area contributed by atoms with Crippen LogP contribution in [0.15, 0.2) is 36.7 Å². The van der Waals surface area contributed by atoms with Crippen molar-refractivity contribution in [3.05, 3.63) is 48.3 Å². The Morgan fingerprint density at radius 3 is 2.84 bits per heavy atom. The van der Waals surface area contributed by atoms with Gasteiger partial charge in [-0.25, -0.2) is 9.37 Å². The molecule has 2 aromatic rings. The highest BCUT2D eigenvalue weighted by Crippen LogP contribution is 2.11. The number of rotatable bonds is 7. The third-order valence-corrected chi connectivity index (χ3v) is 2.48. The van der Waals surface area contributed by atoms with E-state index in [1.165, 1.54) is 24.3 Å². The van der Waals surface area contributed by atoms with Crippen molar-refractivity contribution in [3.63, 3.8) is 0 Å². The maximum Gasteiger partial charge on any atom is 0.123 e. The van der Waals surface area contributed by atoms with Crippen LogP contribution in [0, 0.1) is 5.82 Å². The molecule has 19 heavy (non-hydrogen) atoms. The quantitative estimate of drug-likeness (QED) is 0.700. The predicted molar refractivity (Wildman–Crippen MR) is 68.2 cm³/mol. The second kappa shape index (κ2) is 6.86. The third kappa shape index (κ3) is 4.69. The molecule has 1 aromatic carbocycles. The van der Waals surface area contributed by atoms with Gasteiger partial charge in [0, 0.05) is 18.9 Å². The van der Waals surface area contributed by atoms with Gasteiger partial charge in [-0.2, -0.15) is 0 Å². The smallest absolute Gasteiger partial charge is 0.123 e. The molecule has 2 rings (SSSR count). The number of nitrogens with zero attached hydrogens (tertiary/aromatic N) is 1. The molecule has 3 N–H and O–H groups in total. The molecule has 1 atom stereocenters. The minimum atomic E-state index is -0.639. The highest BCUT2D eigenvalue weighted by atomic mass is 19.1. The van der Waals surface area contributed by atoms with Gasteiger partial charge in [0.2, 0.25) is 0 Å². The van der Waals surface area contributed by atoms with Gasteiger partial charge in [0.15, 0.2) is 0 Å². The molecular weight excluding hydrogens is 249 g/mol. The number of ether oxygens (including phenoxy) is 1. The van der Waals surface area contributed by atoms with Crippen LogP contribution in [0.4, 0.5) is 4.39 Å². The summed E-state index contributed by atoms with van der Waals surface area (Å²) in [5.74, 6) is 1.03. The highest BCUT2D eigenvalue weighted by Gasteiger charge is 2.05. The van der Waals surface area contributed by atoms with Crippen LogP contribution in [-0.2, 0) is 6.54 Å². The first-order chi connectivity index (χ1) is 9.24. The Morgan fingerprint density at radius 1 is 1.37 bits per heavy atom. The summed E-state index contributed by atoms with van der Waals surface area (Å²) >= 11 is 0. The molecule has 1 unspecified atom stereocenters. The number of aliphatic hydroxyl groups is 1. The molecule has 0 aliphatic heterocycles. The summed E-state index contributed by atoms with van der Waals surface area (Å²) in [6.07, 6.45) is 2.77. The summed E-state index contributed by atoms with van der Waals surface area (Å²) in [4.78, 5) is 7.00. The molecule has 0 aliphatic carbocycles. The van der Waals surface area contributed by atoms with Crippen molar-refractivity contribution < 1.29 is 14.2 Å². The van der Waals surface area contributed by atoms with Crippen molar-refractivity contribution in [1.29, 1.82) is 0 Å². The van der Waals surface area contributed by atoms with Crippen molar-refractivity contribution in [2.45, 2.75) is 12.6 Å². The molecule has 1 aromatic heterocycles. The fraction of sp³-hybridized carbons (Fsp3) is 0.308. The lowest BCUT2D eigenvalue weighted by atomic mass is 10.3. The summed E-state index contributed by atoms with van der Waals surface area (Å²) < 4.78 is 18.0. The van der Waals surface area contributed by atoms with E-state index in [2.05, 4.69) is 15.3 Å². The first-order valence-corrected chi connectivity index (χ1v) is 5.99. The fourth-order valence-corrected chi connectivity index (χ4v) is 1.53.